The predicted molar refractivity (Wildman–Crippen MR) is 74.9 cm³/mol. The van der Waals surface area contributed by atoms with Gasteiger partial charge in [-0.05, 0) is 12.1 Å². The molecule has 0 radical (unpaired) electrons. The lowest BCUT2D eigenvalue weighted by atomic mass is 10.0. The Morgan fingerprint density at radius 2 is 2.30 bits per heavy atom. The second-order valence-electron chi connectivity index (χ2n) is 5.35. The normalized spacial score (nSPS) is 17.9. The van der Waals surface area contributed by atoms with Crippen LogP contribution in [0.3, 0.4) is 0 Å². The van der Waals surface area contributed by atoms with E-state index < -0.39 is 0 Å². The van der Waals surface area contributed by atoms with E-state index in [2.05, 4.69) is 5.16 Å². The van der Waals surface area contributed by atoms with Gasteiger partial charge >= 0.3 is 0 Å². The third kappa shape index (κ3) is 3.35. The first-order valence-electron chi connectivity index (χ1n) is 6.71. The van der Waals surface area contributed by atoms with Crippen LogP contribution in [0.15, 0.2) is 29.4 Å². The van der Waals surface area contributed by atoms with Gasteiger partial charge in [-0.25, -0.2) is 4.39 Å². The van der Waals surface area contributed by atoms with Crippen LogP contribution in [0.4, 0.5) is 4.39 Å². The molecule has 4 nitrogen and oxygen atoms in total. The van der Waals surface area contributed by atoms with Gasteiger partial charge < -0.3 is 9.74 Å². The maximum atomic E-state index is 13.2. The van der Waals surface area contributed by atoms with Crippen LogP contribution in [0.25, 0.3) is 0 Å². The van der Waals surface area contributed by atoms with Crippen molar-refractivity contribution in [3.63, 3.8) is 0 Å². The SMILES string of the molecule is CC(C)C(=O)N(C)C[C@H]1CC(c2cccc(F)c2)=NO1. The minimum absolute atomic E-state index is 0.0370. The van der Waals surface area contributed by atoms with Gasteiger partial charge in [0.2, 0.25) is 5.91 Å². The fourth-order valence-corrected chi connectivity index (χ4v) is 2.20. The van der Waals surface area contributed by atoms with E-state index in [0.29, 0.717) is 13.0 Å². The monoisotopic (exact) mass is 278 g/mol. The molecule has 0 N–H and O–H groups in total. The van der Waals surface area contributed by atoms with Gasteiger partial charge in [0, 0.05) is 24.9 Å². The van der Waals surface area contributed by atoms with E-state index in [1.807, 2.05) is 13.8 Å². The van der Waals surface area contributed by atoms with Gasteiger partial charge in [0.05, 0.1) is 12.3 Å². The summed E-state index contributed by atoms with van der Waals surface area (Å²) in [7, 11) is 1.76. The molecule has 1 amide bonds. The van der Waals surface area contributed by atoms with Gasteiger partial charge in [-0.1, -0.05) is 31.1 Å². The van der Waals surface area contributed by atoms with Crippen molar-refractivity contribution in [2.24, 2.45) is 11.1 Å². The van der Waals surface area contributed by atoms with Gasteiger partial charge in [0.1, 0.15) is 5.82 Å². The summed E-state index contributed by atoms with van der Waals surface area (Å²) in [5, 5.41) is 4.00. The highest BCUT2D eigenvalue weighted by molar-refractivity contribution is 6.01. The lowest BCUT2D eigenvalue weighted by Gasteiger charge is -2.21. The van der Waals surface area contributed by atoms with E-state index in [1.54, 1.807) is 24.1 Å². The van der Waals surface area contributed by atoms with Crippen molar-refractivity contribution in [1.29, 1.82) is 0 Å². The van der Waals surface area contributed by atoms with Crippen molar-refractivity contribution in [2.45, 2.75) is 26.4 Å². The van der Waals surface area contributed by atoms with E-state index in [4.69, 9.17) is 4.84 Å². The molecule has 0 saturated carbocycles. The molecule has 0 unspecified atom stereocenters. The Morgan fingerprint density at radius 1 is 1.55 bits per heavy atom. The Labute approximate surface area is 118 Å². The first-order chi connectivity index (χ1) is 9.47. The first kappa shape index (κ1) is 14.5. The zero-order chi connectivity index (χ0) is 14.7. The maximum Gasteiger partial charge on any atom is 0.224 e. The van der Waals surface area contributed by atoms with Gasteiger partial charge in [-0.3, -0.25) is 4.79 Å². The number of halogens is 1. The number of nitrogens with zero attached hydrogens (tertiary/aromatic N) is 2. The quantitative estimate of drug-likeness (QED) is 0.849. The summed E-state index contributed by atoms with van der Waals surface area (Å²) in [5.74, 6) is -0.251. The van der Waals surface area contributed by atoms with Gasteiger partial charge in [0.15, 0.2) is 6.10 Å². The number of hydrogen-bond acceptors (Lipinski definition) is 3. The number of benzene rings is 1. The average Bonchev–Trinajstić information content (AvgIpc) is 2.86. The van der Waals surface area contributed by atoms with Crippen LogP contribution >= 0.6 is 0 Å². The Hall–Kier alpha value is -1.91. The minimum atomic E-state index is -0.291. The third-order valence-electron chi connectivity index (χ3n) is 3.24. The predicted octanol–water partition coefficient (Wildman–Crippen LogP) is 2.43. The standard InChI is InChI=1S/C15H19FN2O2/c1-10(2)15(19)18(3)9-13-8-14(17-20-13)11-5-4-6-12(16)7-11/h4-7,10,13H,8-9H2,1-3H3/t13-/m1/s1. The Kier molecular flexibility index (Phi) is 4.37. The second-order valence-corrected chi connectivity index (χ2v) is 5.35. The second kappa shape index (κ2) is 6.03. The molecular formula is C15H19FN2O2. The molecule has 2 rings (SSSR count). The van der Waals surface area contributed by atoms with Crippen LogP contribution in [0.1, 0.15) is 25.8 Å². The highest BCUT2D eigenvalue weighted by Gasteiger charge is 2.25. The molecule has 0 saturated heterocycles. The molecule has 1 aromatic carbocycles. The van der Waals surface area contributed by atoms with E-state index in [-0.39, 0.29) is 23.7 Å². The maximum absolute atomic E-state index is 13.2. The zero-order valence-corrected chi connectivity index (χ0v) is 12.0. The summed E-state index contributed by atoms with van der Waals surface area (Å²) < 4.78 is 13.2. The lowest BCUT2D eigenvalue weighted by Crippen LogP contribution is -2.36. The Morgan fingerprint density at radius 3 is 2.95 bits per heavy atom. The van der Waals surface area contributed by atoms with Crippen LogP contribution in [-0.2, 0) is 9.63 Å². The molecular weight excluding hydrogens is 259 g/mol. The first-order valence-corrected chi connectivity index (χ1v) is 6.71. The summed E-state index contributed by atoms with van der Waals surface area (Å²) in [5.41, 5.74) is 1.45. The van der Waals surface area contributed by atoms with E-state index in [0.717, 1.165) is 11.3 Å². The molecule has 20 heavy (non-hydrogen) atoms. The molecule has 1 aliphatic rings. The fourth-order valence-electron chi connectivity index (χ4n) is 2.20. The van der Waals surface area contributed by atoms with Crippen LogP contribution in [0, 0.1) is 11.7 Å². The molecule has 1 aliphatic heterocycles. The summed E-state index contributed by atoms with van der Waals surface area (Å²) in [6.45, 7) is 4.21. The molecule has 0 spiro atoms. The van der Waals surface area contributed by atoms with Crippen molar-refractivity contribution >= 4 is 11.6 Å². The number of hydrogen-bond donors (Lipinski definition) is 0. The van der Waals surface area contributed by atoms with Gasteiger partial charge in [-0.2, -0.15) is 0 Å². The topological polar surface area (TPSA) is 41.9 Å². The third-order valence-corrected chi connectivity index (χ3v) is 3.24. The van der Waals surface area contributed by atoms with Crippen molar-refractivity contribution in [3.05, 3.63) is 35.6 Å². The molecule has 0 aliphatic carbocycles. The van der Waals surface area contributed by atoms with Crippen molar-refractivity contribution < 1.29 is 14.0 Å². The molecule has 108 valence electrons. The molecule has 1 atom stereocenters. The van der Waals surface area contributed by atoms with Crippen molar-refractivity contribution in [1.82, 2.24) is 4.90 Å². The van der Waals surface area contributed by atoms with Crippen LogP contribution in [0.5, 0.6) is 0 Å². The number of amides is 1. The van der Waals surface area contributed by atoms with Gasteiger partial charge in [0.25, 0.3) is 0 Å². The van der Waals surface area contributed by atoms with Gasteiger partial charge in [-0.15, -0.1) is 0 Å². The number of carbonyl (C=O) groups is 1. The number of oxime groups is 1. The van der Waals surface area contributed by atoms with Crippen LogP contribution in [0.2, 0.25) is 0 Å². The fraction of sp³-hybridized carbons (Fsp3) is 0.467. The smallest absolute Gasteiger partial charge is 0.224 e. The molecule has 0 aromatic heterocycles. The lowest BCUT2D eigenvalue weighted by molar-refractivity contribution is -0.134. The minimum Gasteiger partial charge on any atom is -0.390 e. The Balaban J connectivity index is 1.93. The van der Waals surface area contributed by atoms with E-state index in [1.165, 1.54) is 12.1 Å². The molecule has 1 aromatic rings. The Bertz CT molecular complexity index is 528. The van der Waals surface area contributed by atoms with E-state index in [9.17, 15) is 9.18 Å². The zero-order valence-electron chi connectivity index (χ0n) is 12.0. The highest BCUT2D eigenvalue weighted by atomic mass is 19.1. The largest absolute Gasteiger partial charge is 0.390 e. The number of likely N-dealkylation sites (N-methyl/N-ethyl adjacent to an activating group) is 1. The number of carbonyl (C=O) groups excluding carboxylic acids is 1. The average molecular weight is 278 g/mol. The summed E-state index contributed by atoms with van der Waals surface area (Å²) in [4.78, 5) is 18.8. The van der Waals surface area contributed by atoms with Crippen LogP contribution < -0.4 is 0 Å². The summed E-state index contributed by atoms with van der Waals surface area (Å²) in [6.07, 6.45) is 0.417. The van der Waals surface area contributed by atoms with Crippen molar-refractivity contribution in [2.75, 3.05) is 13.6 Å². The molecule has 0 fully saturated rings. The summed E-state index contributed by atoms with van der Waals surface area (Å²) >= 11 is 0. The van der Waals surface area contributed by atoms with Crippen molar-refractivity contribution in [3.8, 4) is 0 Å². The highest BCUT2D eigenvalue weighted by Crippen LogP contribution is 2.18. The number of rotatable bonds is 4. The molecule has 1 heterocycles. The molecule has 0 bridgehead atoms. The summed E-state index contributed by atoms with van der Waals surface area (Å²) in [6, 6.07) is 6.28. The van der Waals surface area contributed by atoms with Crippen LogP contribution in [-0.4, -0.2) is 36.2 Å². The van der Waals surface area contributed by atoms with E-state index >= 15 is 0 Å². The molecule has 5 heteroatoms.